The molecule has 2 aliphatic heterocycles. The van der Waals surface area contributed by atoms with Gasteiger partial charge in [0.1, 0.15) is 5.54 Å². The Labute approximate surface area is 188 Å². The van der Waals surface area contributed by atoms with Gasteiger partial charge in [-0.05, 0) is 55.2 Å². The van der Waals surface area contributed by atoms with Crippen molar-refractivity contribution in [2.45, 2.75) is 31.7 Å². The predicted molar refractivity (Wildman–Crippen MR) is 122 cm³/mol. The molecule has 2 heterocycles. The number of benzene rings is 2. The Morgan fingerprint density at radius 1 is 0.969 bits per heavy atom. The summed E-state index contributed by atoms with van der Waals surface area (Å²) in [6, 6.07) is 15.6. The molecule has 3 amide bonds. The molecular formula is C25H28N4O3. The lowest BCUT2D eigenvalue weighted by atomic mass is 9.78. The van der Waals surface area contributed by atoms with Gasteiger partial charge >= 0.3 is 6.03 Å². The number of rotatable bonds is 4. The number of hydrogen-bond donors (Lipinski definition) is 1. The monoisotopic (exact) mass is 432 g/mol. The number of fused-ring (bicyclic) bond motifs is 1. The fourth-order valence-corrected chi connectivity index (χ4v) is 5.08. The fraction of sp³-hybridized carbons (Fsp3) is 0.400. The molecule has 2 aromatic carbocycles. The van der Waals surface area contributed by atoms with Crippen LogP contribution in [0.3, 0.4) is 0 Å². The summed E-state index contributed by atoms with van der Waals surface area (Å²) in [6.45, 7) is 5.04. The molecule has 1 N–H and O–H groups in total. The molecule has 7 nitrogen and oxygen atoms in total. The minimum atomic E-state index is -0.800. The van der Waals surface area contributed by atoms with Gasteiger partial charge in [0.2, 0.25) is 0 Å². The van der Waals surface area contributed by atoms with Crippen LogP contribution in [0.2, 0.25) is 0 Å². The molecule has 0 radical (unpaired) electrons. The smallest absolute Gasteiger partial charge is 0.326 e. The highest BCUT2D eigenvalue weighted by atomic mass is 16.2. The second-order valence-corrected chi connectivity index (χ2v) is 9.04. The number of carbonyl (C=O) groups is 3. The Morgan fingerprint density at radius 3 is 2.34 bits per heavy atom. The molecule has 0 aromatic heterocycles. The minimum Gasteiger partial charge on any atom is -0.369 e. The van der Waals surface area contributed by atoms with Crippen molar-refractivity contribution in [2.24, 2.45) is 0 Å². The van der Waals surface area contributed by atoms with Gasteiger partial charge in [-0.15, -0.1) is 0 Å². The van der Waals surface area contributed by atoms with Crippen molar-refractivity contribution in [2.75, 3.05) is 37.7 Å². The average Bonchev–Trinajstić information content (AvgIpc) is 3.03. The predicted octanol–water partition coefficient (Wildman–Crippen LogP) is 2.45. The van der Waals surface area contributed by atoms with Gasteiger partial charge < -0.3 is 10.2 Å². The second-order valence-electron chi connectivity index (χ2n) is 9.04. The van der Waals surface area contributed by atoms with E-state index < -0.39 is 5.54 Å². The number of urea groups is 1. The Balaban J connectivity index is 1.21. The van der Waals surface area contributed by atoms with Crippen LogP contribution in [0.4, 0.5) is 10.5 Å². The molecule has 1 atom stereocenters. The summed E-state index contributed by atoms with van der Waals surface area (Å²) in [5.41, 5.74) is 3.42. The van der Waals surface area contributed by atoms with Crippen molar-refractivity contribution in [3.05, 3.63) is 65.2 Å². The van der Waals surface area contributed by atoms with Gasteiger partial charge in [0, 0.05) is 43.9 Å². The summed E-state index contributed by atoms with van der Waals surface area (Å²) >= 11 is 0. The number of carbonyl (C=O) groups excluding carboxylic acids is 3. The van der Waals surface area contributed by atoms with Gasteiger partial charge in [0.25, 0.3) is 5.91 Å². The van der Waals surface area contributed by atoms with Crippen molar-refractivity contribution in [1.29, 1.82) is 0 Å². The van der Waals surface area contributed by atoms with Gasteiger partial charge in [0.15, 0.2) is 5.78 Å². The summed E-state index contributed by atoms with van der Waals surface area (Å²) in [6.07, 6.45) is 2.01. The third-order valence-corrected chi connectivity index (χ3v) is 7.03. The van der Waals surface area contributed by atoms with E-state index in [2.05, 4.69) is 27.2 Å². The third kappa shape index (κ3) is 3.66. The molecule has 1 spiro atoms. The Morgan fingerprint density at radius 2 is 1.66 bits per heavy atom. The maximum absolute atomic E-state index is 13.3. The average molecular weight is 433 g/mol. The molecule has 5 rings (SSSR count). The topological polar surface area (TPSA) is 73.0 Å². The fourth-order valence-electron chi connectivity index (χ4n) is 5.08. The molecule has 2 aromatic rings. The van der Waals surface area contributed by atoms with Crippen molar-refractivity contribution < 1.29 is 14.4 Å². The summed E-state index contributed by atoms with van der Waals surface area (Å²) in [5.74, 6) is -0.0339. The van der Waals surface area contributed by atoms with E-state index >= 15 is 0 Å². The zero-order valence-corrected chi connectivity index (χ0v) is 18.3. The van der Waals surface area contributed by atoms with E-state index in [1.807, 2.05) is 36.4 Å². The molecule has 0 saturated carbocycles. The third-order valence-electron chi connectivity index (χ3n) is 7.03. The minimum absolute atomic E-state index is 0.0640. The first kappa shape index (κ1) is 20.7. The first-order valence-corrected chi connectivity index (χ1v) is 11.2. The number of ketones is 1. The van der Waals surface area contributed by atoms with Gasteiger partial charge in [0.05, 0.1) is 6.67 Å². The lowest BCUT2D eigenvalue weighted by molar-refractivity contribution is -0.133. The van der Waals surface area contributed by atoms with Crippen molar-refractivity contribution >= 4 is 23.4 Å². The lowest BCUT2D eigenvalue weighted by Crippen LogP contribution is -2.53. The van der Waals surface area contributed by atoms with Crippen LogP contribution in [0, 0.1) is 0 Å². The normalized spacial score (nSPS) is 23.4. The first-order valence-electron chi connectivity index (χ1n) is 11.2. The highest BCUT2D eigenvalue weighted by molar-refractivity contribution is 6.07. The number of hydrogen-bond acceptors (Lipinski definition) is 5. The van der Waals surface area contributed by atoms with Crippen LogP contribution in [0.5, 0.6) is 0 Å². The van der Waals surface area contributed by atoms with E-state index in [1.165, 1.54) is 10.5 Å². The molecule has 1 aliphatic carbocycles. The highest BCUT2D eigenvalue weighted by Gasteiger charge is 2.52. The van der Waals surface area contributed by atoms with Crippen LogP contribution in [0.1, 0.15) is 34.8 Å². The van der Waals surface area contributed by atoms with Crippen LogP contribution in [0.25, 0.3) is 0 Å². The van der Waals surface area contributed by atoms with Gasteiger partial charge in [-0.25, -0.2) is 9.69 Å². The lowest BCUT2D eigenvalue weighted by Gasteiger charge is -2.37. The van der Waals surface area contributed by atoms with E-state index in [9.17, 15) is 14.4 Å². The number of imide groups is 1. The van der Waals surface area contributed by atoms with Crippen molar-refractivity contribution in [3.63, 3.8) is 0 Å². The Hall–Kier alpha value is -3.19. The van der Waals surface area contributed by atoms with Crippen LogP contribution in [0.15, 0.2) is 48.5 Å². The molecular weight excluding hydrogens is 404 g/mol. The summed E-state index contributed by atoms with van der Waals surface area (Å²) in [4.78, 5) is 43.4. The molecule has 2 fully saturated rings. The molecule has 166 valence electrons. The Bertz CT molecular complexity index is 1060. The summed E-state index contributed by atoms with van der Waals surface area (Å²) < 4.78 is 0. The van der Waals surface area contributed by atoms with E-state index in [1.54, 1.807) is 6.92 Å². The van der Waals surface area contributed by atoms with Crippen LogP contribution >= 0.6 is 0 Å². The molecule has 1 unspecified atom stereocenters. The molecule has 7 heteroatoms. The van der Waals surface area contributed by atoms with E-state index in [0.29, 0.717) is 25.1 Å². The van der Waals surface area contributed by atoms with Crippen molar-refractivity contribution in [1.82, 2.24) is 15.1 Å². The largest absolute Gasteiger partial charge is 0.369 e. The molecule has 0 bridgehead atoms. The van der Waals surface area contributed by atoms with E-state index in [4.69, 9.17) is 0 Å². The highest BCUT2D eigenvalue weighted by Crippen LogP contribution is 2.33. The van der Waals surface area contributed by atoms with Crippen molar-refractivity contribution in [3.8, 4) is 0 Å². The number of nitrogens with one attached hydrogen (secondary N) is 1. The van der Waals surface area contributed by atoms with Crippen LogP contribution in [-0.4, -0.2) is 65.9 Å². The van der Waals surface area contributed by atoms with Crippen LogP contribution < -0.4 is 10.2 Å². The number of nitrogens with zero attached hydrogens (tertiary/aromatic N) is 3. The number of piperazine rings is 1. The van der Waals surface area contributed by atoms with Crippen LogP contribution in [-0.2, 0) is 17.6 Å². The molecule has 3 aliphatic rings. The zero-order chi connectivity index (χ0) is 22.3. The number of Topliss-reactive ketones (excluding diaryl/α,β-unsaturated/α-hetero) is 1. The standard InChI is InChI=1S/C25H28N4O3/c1-18(30)19-6-8-22(9-7-19)28-14-12-27(13-15-28)17-29-23(31)25(26-24(29)32)11-10-20-4-2-3-5-21(20)16-25/h2-9H,10-17H2,1H3,(H,26,32). The maximum Gasteiger partial charge on any atom is 0.326 e. The zero-order valence-electron chi connectivity index (χ0n) is 18.3. The number of aryl methyl sites for hydroxylation is 1. The van der Waals surface area contributed by atoms with Gasteiger partial charge in [-0.1, -0.05) is 24.3 Å². The second kappa shape index (κ2) is 8.06. The SMILES string of the molecule is CC(=O)c1ccc(N2CCN(CN3C(=O)NC4(CCc5ccccc5C4)C3=O)CC2)cc1. The first-order chi connectivity index (χ1) is 15.4. The van der Waals surface area contributed by atoms with Gasteiger partial charge in [-0.3, -0.25) is 14.5 Å². The Kier molecular flexibility index (Phi) is 5.21. The number of anilines is 1. The van der Waals surface area contributed by atoms with E-state index in [0.717, 1.165) is 43.9 Å². The molecule has 2 saturated heterocycles. The van der Waals surface area contributed by atoms with E-state index in [-0.39, 0.29) is 17.7 Å². The number of amides is 3. The summed E-state index contributed by atoms with van der Waals surface area (Å²) in [5, 5.41) is 3.02. The molecule has 32 heavy (non-hydrogen) atoms. The van der Waals surface area contributed by atoms with Gasteiger partial charge in [-0.2, -0.15) is 0 Å². The summed E-state index contributed by atoms with van der Waals surface area (Å²) in [7, 11) is 0. The maximum atomic E-state index is 13.3. The quantitative estimate of drug-likeness (QED) is 0.594.